The van der Waals surface area contributed by atoms with E-state index in [0.29, 0.717) is 29.3 Å². The van der Waals surface area contributed by atoms with Gasteiger partial charge in [0, 0.05) is 18.8 Å². The van der Waals surface area contributed by atoms with E-state index in [1.54, 1.807) is 35.2 Å². The summed E-state index contributed by atoms with van der Waals surface area (Å²) >= 11 is 0. The van der Waals surface area contributed by atoms with Gasteiger partial charge in [-0.05, 0) is 23.8 Å². The molecule has 118 valence electrons. The minimum Gasteiger partial charge on any atom is -0.463 e. The van der Waals surface area contributed by atoms with Crippen LogP contribution in [0.5, 0.6) is 0 Å². The van der Waals surface area contributed by atoms with E-state index in [1.165, 1.54) is 0 Å². The topological polar surface area (TPSA) is 72.4 Å². The molecule has 0 unspecified atom stereocenters. The molecule has 0 spiro atoms. The van der Waals surface area contributed by atoms with Crippen LogP contribution in [0, 0.1) is 0 Å². The van der Waals surface area contributed by atoms with Crippen LogP contribution in [0.4, 0.5) is 0 Å². The molecule has 3 aromatic heterocycles. The number of hydrogen-bond donors (Lipinski definition) is 1. The van der Waals surface area contributed by atoms with Gasteiger partial charge in [-0.1, -0.05) is 30.3 Å². The quantitative estimate of drug-likeness (QED) is 0.628. The maximum atomic E-state index is 12.3. The number of nitrogens with zero attached hydrogens (tertiary/aromatic N) is 3. The number of benzene rings is 1. The van der Waals surface area contributed by atoms with Crippen molar-refractivity contribution in [2.75, 3.05) is 0 Å². The average molecular weight is 318 g/mol. The highest BCUT2D eigenvalue weighted by Gasteiger charge is 2.11. The molecule has 0 saturated carbocycles. The summed E-state index contributed by atoms with van der Waals surface area (Å²) in [4.78, 5) is 16.6. The fourth-order valence-electron chi connectivity index (χ4n) is 2.42. The highest BCUT2D eigenvalue weighted by molar-refractivity contribution is 5.92. The molecule has 4 rings (SSSR count). The Morgan fingerprint density at radius 2 is 2.00 bits per heavy atom. The highest BCUT2D eigenvalue weighted by atomic mass is 16.3. The molecular weight excluding hydrogens is 304 g/mol. The van der Waals surface area contributed by atoms with Crippen LogP contribution in [0.25, 0.3) is 17.1 Å². The molecule has 0 fully saturated rings. The third-order valence-corrected chi connectivity index (χ3v) is 3.63. The van der Waals surface area contributed by atoms with Gasteiger partial charge in [0.15, 0.2) is 11.4 Å². The summed E-state index contributed by atoms with van der Waals surface area (Å²) in [6.45, 7) is 0.462. The van der Waals surface area contributed by atoms with Crippen molar-refractivity contribution >= 4 is 11.6 Å². The molecule has 0 bridgehead atoms. The van der Waals surface area contributed by atoms with Gasteiger partial charge in [0.25, 0.3) is 5.91 Å². The zero-order valence-electron chi connectivity index (χ0n) is 12.7. The Bertz CT molecular complexity index is 975. The van der Waals surface area contributed by atoms with Gasteiger partial charge in [-0.3, -0.25) is 4.79 Å². The van der Waals surface area contributed by atoms with E-state index in [-0.39, 0.29) is 5.91 Å². The zero-order valence-corrected chi connectivity index (χ0v) is 12.7. The highest BCUT2D eigenvalue weighted by Crippen LogP contribution is 2.19. The smallest absolute Gasteiger partial charge is 0.270 e. The van der Waals surface area contributed by atoms with Crippen LogP contribution in [0.3, 0.4) is 0 Å². The van der Waals surface area contributed by atoms with Gasteiger partial charge in [0.1, 0.15) is 11.4 Å². The molecule has 0 saturated heterocycles. The van der Waals surface area contributed by atoms with Crippen LogP contribution < -0.4 is 5.32 Å². The lowest BCUT2D eigenvalue weighted by molar-refractivity contribution is 0.0946. The second-order valence-corrected chi connectivity index (χ2v) is 5.29. The summed E-state index contributed by atoms with van der Waals surface area (Å²) in [6.07, 6.45) is 3.31. The summed E-state index contributed by atoms with van der Waals surface area (Å²) in [6, 6.07) is 16.8. The van der Waals surface area contributed by atoms with Gasteiger partial charge >= 0.3 is 0 Å². The maximum Gasteiger partial charge on any atom is 0.270 e. The molecule has 24 heavy (non-hydrogen) atoms. The molecule has 0 aliphatic carbocycles. The maximum absolute atomic E-state index is 12.3. The number of aromatic nitrogens is 3. The van der Waals surface area contributed by atoms with Crippen LogP contribution in [-0.2, 0) is 6.54 Å². The normalized spacial score (nSPS) is 10.8. The second kappa shape index (κ2) is 6.00. The lowest BCUT2D eigenvalue weighted by atomic mass is 10.2. The summed E-state index contributed by atoms with van der Waals surface area (Å²) in [7, 11) is 0. The van der Waals surface area contributed by atoms with E-state index >= 15 is 0 Å². The third kappa shape index (κ3) is 2.77. The first-order valence-electron chi connectivity index (χ1n) is 7.52. The zero-order chi connectivity index (χ0) is 16.4. The molecule has 0 atom stereocenters. The molecule has 1 aromatic carbocycles. The van der Waals surface area contributed by atoms with Gasteiger partial charge in [-0.25, -0.2) is 9.50 Å². The number of carbonyl (C=O) groups excluding carboxylic acids is 1. The molecule has 6 heteroatoms. The molecule has 0 radical (unpaired) electrons. The second-order valence-electron chi connectivity index (χ2n) is 5.29. The lowest BCUT2D eigenvalue weighted by Crippen LogP contribution is -2.24. The molecule has 0 aliphatic heterocycles. The Morgan fingerprint density at radius 3 is 2.79 bits per heavy atom. The summed E-state index contributed by atoms with van der Waals surface area (Å²) < 4.78 is 6.95. The first-order chi connectivity index (χ1) is 11.8. The third-order valence-electron chi connectivity index (χ3n) is 3.63. The van der Waals surface area contributed by atoms with E-state index in [9.17, 15) is 4.79 Å². The minimum absolute atomic E-state index is 0.220. The number of rotatable bonds is 4. The number of furan rings is 1. The largest absolute Gasteiger partial charge is 0.463 e. The van der Waals surface area contributed by atoms with Crippen LogP contribution in [0.15, 0.2) is 71.5 Å². The number of hydrogen-bond acceptors (Lipinski definition) is 4. The first-order valence-corrected chi connectivity index (χ1v) is 7.52. The standard InChI is InChI=1S/C18H14N4O2/c23-18(19-12-13-5-2-1-3-6-13)14-8-9-22-17(20-14)11-15(21-22)16-7-4-10-24-16/h1-11H,12H2,(H,19,23). The van der Waals surface area contributed by atoms with Crippen LogP contribution >= 0.6 is 0 Å². The van der Waals surface area contributed by atoms with Crippen molar-refractivity contribution in [3.05, 3.63) is 78.3 Å². The Balaban J connectivity index is 1.55. The molecule has 1 N–H and O–H groups in total. The Labute approximate surface area is 137 Å². The molecular formula is C18H14N4O2. The van der Waals surface area contributed by atoms with Gasteiger partial charge < -0.3 is 9.73 Å². The molecule has 6 nitrogen and oxygen atoms in total. The predicted octanol–water partition coefficient (Wildman–Crippen LogP) is 2.92. The Hall–Kier alpha value is -3.41. The summed E-state index contributed by atoms with van der Waals surface area (Å²) in [5.41, 5.74) is 2.66. The van der Waals surface area contributed by atoms with Crippen molar-refractivity contribution in [2.45, 2.75) is 6.54 Å². The van der Waals surface area contributed by atoms with Gasteiger partial charge in [-0.15, -0.1) is 0 Å². The van der Waals surface area contributed by atoms with Gasteiger partial charge in [0.2, 0.25) is 0 Å². The number of nitrogens with one attached hydrogen (secondary N) is 1. The molecule has 4 aromatic rings. The predicted molar refractivity (Wildman–Crippen MR) is 88.3 cm³/mol. The average Bonchev–Trinajstić information content (AvgIpc) is 3.28. The summed E-state index contributed by atoms with van der Waals surface area (Å²) in [5.74, 6) is 0.442. The molecule has 1 amide bonds. The monoisotopic (exact) mass is 318 g/mol. The SMILES string of the molecule is O=C(NCc1ccccc1)c1ccn2nc(-c3ccco3)cc2n1. The van der Waals surface area contributed by atoms with E-state index in [2.05, 4.69) is 15.4 Å². The summed E-state index contributed by atoms with van der Waals surface area (Å²) in [5, 5.41) is 7.24. The van der Waals surface area contributed by atoms with Gasteiger partial charge in [0.05, 0.1) is 6.26 Å². The van der Waals surface area contributed by atoms with Crippen LogP contribution in [-0.4, -0.2) is 20.5 Å². The van der Waals surface area contributed by atoms with Crippen molar-refractivity contribution in [3.63, 3.8) is 0 Å². The van der Waals surface area contributed by atoms with Crippen molar-refractivity contribution in [1.29, 1.82) is 0 Å². The Morgan fingerprint density at radius 1 is 1.12 bits per heavy atom. The van der Waals surface area contributed by atoms with Crippen molar-refractivity contribution in [2.24, 2.45) is 0 Å². The number of carbonyl (C=O) groups is 1. The number of fused-ring (bicyclic) bond motifs is 1. The van der Waals surface area contributed by atoms with E-state index in [0.717, 1.165) is 5.56 Å². The van der Waals surface area contributed by atoms with Crippen molar-refractivity contribution < 1.29 is 9.21 Å². The van der Waals surface area contributed by atoms with E-state index in [1.807, 2.05) is 36.4 Å². The first kappa shape index (κ1) is 14.2. The lowest BCUT2D eigenvalue weighted by Gasteiger charge is -2.04. The fourth-order valence-corrected chi connectivity index (χ4v) is 2.42. The van der Waals surface area contributed by atoms with Gasteiger partial charge in [-0.2, -0.15) is 5.10 Å². The van der Waals surface area contributed by atoms with E-state index in [4.69, 9.17) is 4.42 Å². The molecule has 3 heterocycles. The fraction of sp³-hybridized carbons (Fsp3) is 0.0556. The van der Waals surface area contributed by atoms with Crippen molar-refractivity contribution in [1.82, 2.24) is 19.9 Å². The van der Waals surface area contributed by atoms with Crippen LogP contribution in [0.1, 0.15) is 16.1 Å². The molecule has 0 aliphatic rings. The van der Waals surface area contributed by atoms with Crippen LogP contribution in [0.2, 0.25) is 0 Å². The number of amides is 1. The van der Waals surface area contributed by atoms with E-state index < -0.39 is 0 Å². The van der Waals surface area contributed by atoms with Crippen molar-refractivity contribution in [3.8, 4) is 11.5 Å². The Kier molecular flexibility index (Phi) is 3.55. The minimum atomic E-state index is -0.220.